The molecular formula is C14H10ClF3N2S. The summed E-state index contributed by atoms with van der Waals surface area (Å²) in [6.07, 6.45) is -4.44. The third-order valence-electron chi connectivity index (χ3n) is 2.76. The van der Waals surface area contributed by atoms with E-state index in [4.69, 9.17) is 29.6 Å². The molecule has 0 saturated carbocycles. The number of rotatable bonds is 3. The van der Waals surface area contributed by atoms with Crippen LogP contribution in [0, 0.1) is 0 Å². The maximum atomic E-state index is 12.7. The molecule has 2 aromatic carbocycles. The van der Waals surface area contributed by atoms with Crippen LogP contribution in [-0.4, -0.2) is 4.99 Å². The van der Waals surface area contributed by atoms with Crippen molar-refractivity contribution in [2.75, 3.05) is 5.32 Å². The fraction of sp³-hybridized carbons (Fsp3) is 0.0714. The Labute approximate surface area is 129 Å². The molecular weight excluding hydrogens is 321 g/mol. The summed E-state index contributed by atoms with van der Waals surface area (Å²) in [5.74, 6) is 0. The Bertz CT molecular complexity index is 686. The van der Waals surface area contributed by atoms with E-state index in [0.717, 1.165) is 12.1 Å². The van der Waals surface area contributed by atoms with Gasteiger partial charge in [0.2, 0.25) is 0 Å². The topological polar surface area (TPSA) is 38.0 Å². The number of nitrogens with two attached hydrogens (primary N) is 1. The molecule has 7 heteroatoms. The largest absolute Gasteiger partial charge is 0.416 e. The van der Waals surface area contributed by atoms with Crippen molar-refractivity contribution in [1.82, 2.24) is 0 Å². The first-order chi connectivity index (χ1) is 9.79. The Morgan fingerprint density at radius 2 is 1.76 bits per heavy atom. The summed E-state index contributed by atoms with van der Waals surface area (Å²) in [7, 11) is 0. The number of anilines is 2. The van der Waals surface area contributed by atoms with E-state index in [2.05, 4.69) is 5.32 Å². The predicted molar refractivity (Wildman–Crippen MR) is 82.1 cm³/mol. The van der Waals surface area contributed by atoms with Crippen LogP contribution in [0.2, 0.25) is 5.02 Å². The smallest absolute Gasteiger partial charge is 0.389 e. The molecule has 2 nitrogen and oxygen atoms in total. The molecule has 0 radical (unpaired) electrons. The average molecular weight is 331 g/mol. The second kappa shape index (κ2) is 5.91. The Hall–Kier alpha value is -1.79. The van der Waals surface area contributed by atoms with E-state index in [0.29, 0.717) is 11.3 Å². The van der Waals surface area contributed by atoms with Crippen LogP contribution in [0.25, 0.3) is 0 Å². The van der Waals surface area contributed by atoms with Gasteiger partial charge in [-0.25, -0.2) is 0 Å². The SMILES string of the molecule is NC(=S)c1ccccc1Nc1cc(C(F)(F)F)ccc1Cl. The molecule has 21 heavy (non-hydrogen) atoms. The maximum absolute atomic E-state index is 12.7. The predicted octanol–water partition coefficient (Wildman–Crippen LogP) is 4.74. The van der Waals surface area contributed by atoms with Crippen molar-refractivity contribution >= 4 is 40.2 Å². The molecule has 0 aliphatic heterocycles. The molecule has 0 aliphatic carbocycles. The molecule has 0 saturated heterocycles. The van der Waals surface area contributed by atoms with Gasteiger partial charge in [0.15, 0.2) is 0 Å². The molecule has 0 aliphatic rings. The minimum Gasteiger partial charge on any atom is -0.389 e. The molecule has 0 spiro atoms. The van der Waals surface area contributed by atoms with Crippen molar-refractivity contribution in [3.63, 3.8) is 0 Å². The van der Waals surface area contributed by atoms with E-state index < -0.39 is 11.7 Å². The zero-order chi connectivity index (χ0) is 15.6. The summed E-state index contributed by atoms with van der Waals surface area (Å²) < 4.78 is 38.2. The number of thiocarbonyl (C=S) groups is 1. The van der Waals surface area contributed by atoms with Crippen molar-refractivity contribution in [2.45, 2.75) is 6.18 Å². The lowest BCUT2D eigenvalue weighted by atomic mass is 10.1. The monoisotopic (exact) mass is 330 g/mol. The van der Waals surface area contributed by atoms with E-state index >= 15 is 0 Å². The molecule has 2 aromatic rings. The molecule has 3 N–H and O–H groups in total. The van der Waals surface area contributed by atoms with Crippen LogP contribution in [0.3, 0.4) is 0 Å². The molecule has 0 fully saturated rings. The van der Waals surface area contributed by atoms with Gasteiger partial charge in [-0.15, -0.1) is 0 Å². The lowest BCUT2D eigenvalue weighted by Gasteiger charge is -2.14. The van der Waals surface area contributed by atoms with Crippen molar-refractivity contribution in [3.05, 3.63) is 58.6 Å². The Morgan fingerprint density at radius 1 is 1.10 bits per heavy atom. The van der Waals surface area contributed by atoms with Crippen molar-refractivity contribution in [2.24, 2.45) is 5.73 Å². The highest BCUT2D eigenvalue weighted by molar-refractivity contribution is 7.80. The normalized spacial score (nSPS) is 11.2. The summed E-state index contributed by atoms with van der Waals surface area (Å²) in [6, 6.07) is 9.83. The maximum Gasteiger partial charge on any atom is 0.416 e. The van der Waals surface area contributed by atoms with Gasteiger partial charge in [-0.05, 0) is 30.3 Å². The first-order valence-electron chi connectivity index (χ1n) is 5.81. The second-order valence-electron chi connectivity index (χ2n) is 4.23. The van der Waals surface area contributed by atoms with Gasteiger partial charge >= 0.3 is 6.18 Å². The van der Waals surface area contributed by atoms with Crippen LogP contribution in [0.1, 0.15) is 11.1 Å². The first kappa shape index (κ1) is 15.6. The van der Waals surface area contributed by atoms with Gasteiger partial charge in [-0.2, -0.15) is 13.2 Å². The van der Waals surface area contributed by atoms with Crippen molar-refractivity contribution < 1.29 is 13.2 Å². The average Bonchev–Trinajstić information content (AvgIpc) is 2.40. The van der Waals surface area contributed by atoms with Gasteiger partial charge in [-0.1, -0.05) is 36.0 Å². The van der Waals surface area contributed by atoms with Crippen LogP contribution in [0.15, 0.2) is 42.5 Å². The number of alkyl halides is 3. The number of benzene rings is 2. The van der Waals surface area contributed by atoms with Gasteiger partial charge in [0.05, 0.1) is 16.3 Å². The fourth-order valence-corrected chi connectivity index (χ4v) is 2.09. The van der Waals surface area contributed by atoms with Crippen LogP contribution >= 0.6 is 23.8 Å². The van der Waals surface area contributed by atoms with Gasteiger partial charge < -0.3 is 11.1 Å². The zero-order valence-electron chi connectivity index (χ0n) is 10.5. The molecule has 0 aromatic heterocycles. The zero-order valence-corrected chi connectivity index (χ0v) is 12.1. The van der Waals surface area contributed by atoms with Crippen LogP contribution in [-0.2, 0) is 6.18 Å². The van der Waals surface area contributed by atoms with Crippen LogP contribution in [0.5, 0.6) is 0 Å². The lowest BCUT2D eigenvalue weighted by molar-refractivity contribution is -0.137. The minimum atomic E-state index is -4.44. The summed E-state index contributed by atoms with van der Waals surface area (Å²) >= 11 is 10.8. The molecule has 0 unspecified atom stereocenters. The number of nitrogens with one attached hydrogen (secondary N) is 1. The van der Waals surface area contributed by atoms with Gasteiger partial charge in [0.25, 0.3) is 0 Å². The Kier molecular flexibility index (Phi) is 4.39. The van der Waals surface area contributed by atoms with Crippen LogP contribution in [0.4, 0.5) is 24.5 Å². The van der Waals surface area contributed by atoms with E-state index in [9.17, 15) is 13.2 Å². The molecule has 2 rings (SSSR count). The van der Waals surface area contributed by atoms with Gasteiger partial charge in [0.1, 0.15) is 4.99 Å². The van der Waals surface area contributed by atoms with Crippen molar-refractivity contribution in [1.29, 1.82) is 0 Å². The molecule has 0 bridgehead atoms. The number of hydrogen-bond donors (Lipinski definition) is 2. The first-order valence-corrected chi connectivity index (χ1v) is 6.60. The third kappa shape index (κ3) is 3.65. The highest BCUT2D eigenvalue weighted by atomic mass is 35.5. The van der Waals surface area contributed by atoms with Gasteiger partial charge in [-0.3, -0.25) is 0 Å². The van der Waals surface area contributed by atoms with Crippen molar-refractivity contribution in [3.8, 4) is 0 Å². The second-order valence-corrected chi connectivity index (χ2v) is 5.07. The number of para-hydroxylation sites is 1. The molecule has 0 heterocycles. The molecule has 110 valence electrons. The summed E-state index contributed by atoms with van der Waals surface area (Å²) in [5.41, 5.74) is 5.95. The molecule has 0 atom stereocenters. The fourth-order valence-electron chi connectivity index (χ4n) is 1.75. The quantitative estimate of drug-likeness (QED) is 0.798. The Morgan fingerprint density at radius 3 is 2.38 bits per heavy atom. The summed E-state index contributed by atoms with van der Waals surface area (Å²) in [4.78, 5) is 0.140. The number of halogens is 4. The lowest BCUT2D eigenvalue weighted by Crippen LogP contribution is -2.12. The number of hydrogen-bond acceptors (Lipinski definition) is 2. The molecule has 0 amide bonds. The highest BCUT2D eigenvalue weighted by Crippen LogP contribution is 2.35. The summed E-state index contributed by atoms with van der Waals surface area (Å²) in [6.45, 7) is 0. The van der Waals surface area contributed by atoms with Crippen LogP contribution < -0.4 is 11.1 Å². The third-order valence-corrected chi connectivity index (χ3v) is 3.31. The highest BCUT2D eigenvalue weighted by Gasteiger charge is 2.31. The van der Waals surface area contributed by atoms with E-state index in [1.54, 1.807) is 24.3 Å². The van der Waals surface area contributed by atoms with E-state index in [-0.39, 0.29) is 15.7 Å². The minimum absolute atomic E-state index is 0.134. The standard InChI is InChI=1S/C14H10ClF3N2S/c15-10-6-5-8(14(16,17)18)7-12(10)20-11-4-2-1-3-9(11)13(19)21/h1-7,20H,(H2,19,21). The van der Waals surface area contributed by atoms with E-state index in [1.165, 1.54) is 6.07 Å². The Balaban J connectivity index is 2.43. The van der Waals surface area contributed by atoms with Gasteiger partial charge in [0, 0.05) is 11.3 Å². The van der Waals surface area contributed by atoms with E-state index in [1.807, 2.05) is 0 Å². The summed E-state index contributed by atoms with van der Waals surface area (Å²) in [5, 5.41) is 3.00.